The molecule has 2 aliphatic rings. The van der Waals surface area contributed by atoms with E-state index in [1.54, 1.807) is 0 Å². The van der Waals surface area contributed by atoms with Gasteiger partial charge in [0, 0.05) is 49.6 Å². The van der Waals surface area contributed by atoms with E-state index in [9.17, 15) is 9.59 Å². The monoisotopic (exact) mass is 462 g/mol. The van der Waals surface area contributed by atoms with Gasteiger partial charge in [-0.25, -0.2) is 4.79 Å². The number of hydrogen-bond donors (Lipinski definition) is 0. The van der Waals surface area contributed by atoms with E-state index >= 15 is 0 Å². The summed E-state index contributed by atoms with van der Waals surface area (Å²) in [7, 11) is 0. The van der Waals surface area contributed by atoms with Crippen molar-refractivity contribution in [3.05, 3.63) is 64.0 Å². The Hall–Kier alpha value is -3.48. The molecule has 0 spiro atoms. The second-order valence-corrected chi connectivity index (χ2v) is 9.66. The van der Waals surface area contributed by atoms with Gasteiger partial charge in [0.2, 0.25) is 0 Å². The third kappa shape index (κ3) is 4.34. The van der Waals surface area contributed by atoms with Gasteiger partial charge in [0.1, 0.15) is 22.7 Å². The lowest BCUT2D eigenvalue weighted by Gasteiger charge is -2.36. The van der Waals surface area contributed by atoms with Crippen molar-refractivity contribution in [2.45, 2.75) is 39.2 Å². The molecule has 0 aliphatic carbocycles. The molecule has 7 heteroatoms. The third-order valence-electron chi connectivity index (χ3n) is 6.71. The molecule has 3 aromatic rings. The van der Waals surface area contributed by atoms with Crippen molar-refractivity contribution in [1.29, 1.82) is 0 Å². The summed E-state index contributed by atoms with van der Waals surface area (Å²) < 4.78 is 17.8. The standard InChI is InChI=1S/C27H30N2O5/c1-18-15-24(31)33-26-20-9-10-27(2,3)34-21(20)16-22(25(18)26)32-17-23(30)29-13-11-28(12-14-29)19-7-5-4-6-8-19/h4-8,15-16H,9-14,17H2,1-3H3. The highest BCUT2D eigenvalue weighted by Crippen LogP contribution is 2.42. The largest absolute Gasteiger partial charge is 0.487 e. The van der Waals surface area contributed by atoms with Crippen LogP contribution in [0.5, 0.6) is 11.5 Å². The van der Waals surface area contributed by atoms with Crippen LogP contribution in [-0.4, -0.2) is 49.2 Å². The lowest BCUT2D eigenvalue weighted by atomic mass is 9.92. The van der Waals surface area contributed by atoms with Gasteiger partial charge in [-0.3, -0.25) is 4.79 Å². The first-order valence-electron chi connectivity index (χ1n) is 11.8. The average Bonchev–Trinajstić information content (AvgIpc) is 2.82. The Kier molecular flexibility index (Phi) is 5.71. The van der Waals surface area contributed by atoms with Gasteiger partial charge in [-0.1, -0.05) is 18.2 Å². The van der Waals surface area contributed by atoms with Crippen LogP contribution < -0.4 is 20.0 Å². The highest BCUT2D eigenvalue weighted by Gasteiger charge is 2.31. The summed E-state index contributed by atoms with van der Waals surface area (Å²) in [5.41, 5.74) is 2.59. The molecule has 0 atom stereocenters. The number of carbonyl (C=O) groups is 1. The molecule has 2 aliphatic heterocycles. The van der Waals surface area contributed by atoms with Gasteiger partial charge in [-0.2, -0.15) is 0 Å². The molecule has 178 valence electrons. The molecule has 3 heterocycles. The molecular weight excluding hydrogens is 432 g/mol. The molecule has 34 heavy (non-hydrogen) atoms. The fourth-order valence-electron chi connectivity index (χ4n) is 4.82. The Labute approximate surface area is 198 Å². The quantitative estimate of drug-likeness (QED) is 0.547. The maximum Gasteiger partial charge on any atom is 0.336 e. The summed E-state index contributed by atoms with van der Waals surface area (Å²) >= 11 is 0. The molecule has 0 radical (unpaired) electrons. The van der Waals surface area contributed by atoms with E-state index in [4.69, 9.17) is 13.9 Å². The maximum atomic E-state index is 13.0. The minimum atomic E-state index is -0.401. The van der Waals surface area contributed by atoms with Crippen molar-refractivity contribution in [2.75, 3.05) is 37.7 Å². The molecule has 0 N–H and O–H groups in total. The topological polar surface area (TPSA) is 72.2 Å². The summed E-state index contributed by atoms with van der Waals surface area (Å²) in [6.45, 7) is 8.70. The molecule has 0 bridgehead atoms. The van der Waals surface area contributed by atoms with Crippen molar-refractivity contribution >= 4 is 22.6 Å². The Morgan fingerprint density at radius 3 is 2.56 bits per heavy atom. The van der Waals surface area contributed by atoms with Crippen LogP contribution in [0.3, 0.4) is 0 Å². The van der Waals surface area contributed by atoms with Gasteiger partial charge in [-0.15, -0.1) is 0 Å². The molecule has 0 unspecified atom stereocenters. The number of aryl methyl sites for hydroxylation is 2. The van der Waals surface area contributed by atoms with Crippen LogP contribution in [0.15, 0.2) is 51.7 Å². The molecule has 5 rings (SSSR count). The van der Waals surface area contributed by atoms with Gasteiger partial charge >= 0.3 is 5.63 Å². The first-order chi connectivity index (χ1) is 16.3. The lowest BCUT2D eigenvalue weighted by molar-refractivity contribution is -0.133. The predicted molar refractivity (Wildman–Crippen MR) is 131 cm³/mol. The van der Waals surface area contributed by atoms with E-state index in [1.165, 1.54) is 11.8 Å². The van der Waals surface area contributed by atoms with Crippen LogP contribution in [0.1, 0.15) is 31.4 Å². The number of ether oxygens (including phenoxy) is 2. The van der Waals surface area contributed by atoms with Gasteiger partial charge in [-0.05, 0) is 51.3 Å². The Bertz CT molecular complexity index is 1270. The smallest absolute Gasteiger partial charge is 0.336 e. The SMILES string of the molecule is Cc1cc(=O)oc2c3c(cc(OCC(=O)N4CCN(c5ccccc5)CC4)c12)OC(C)(C)CC3. The average molecular weight is 463 g/mol. The van der Waals surface area contributed by atoms with E-state index in [-0.39, 0.29) is 18.1 Å². The van der Waals surface area contributed by atoms with Crippen molar-refractivity contribution in [3.8, 4) is 11.5 Å². The van der Waals surface area contributed by atoms with Crippen LogP contribution in [0.4, 0.5) is 5.69 Å². The third-order valence-corrected chi connectivity index (χ3v) is 6.71. The summed E-state index contributed by atoms with van der Waals surface area (Å²) in [5.74, 6) is 1.09. The minimum Gasteiger partial charge on any atom is -0.487 e. The van der Waals surface area contributed by atoms with Crippen LogP contribution in [-0.2, 0) is 11.2 Å². The zero-order chi connectivity index (χ0) is 23.9. The lowest BCUT2D eigenvalue weighted by Crippen LogP contribution is -2.50. The van der Waals surface area contributed by atoms with Gasteiger partial charge in [0.05, 0.1) is 5.39 Å². The summed E-state index contributed by atoms with van der Waals surface area (Å²) in [6.07, 6.45) is 1.57. The predicted octanol–water partition coefficient (Wildman–Crippen LogP) is 3.93. The number of hydrogen-bond acceptors (Lipinski definition) is 6. The van der Waals surface area contributed by atoms with E-state index < -0.39 is 5.63 Å². The number of benzene rings is 2. The van der Waals surface area contributed by atoms with E-state index in [2.05, 4.69) is 17.0 Å². The zero-order valence-corrected chi connectivity index (χ0v) is 19.9. The second-order valence-electron chi connectivity index (χ2n) is 9.66. The van der Waals surface area contributed by atoms with Gasteiger partial charge in [0.15, 0.2) is 6.61 Å². The molecular formula is C27H30N2O5. The highest BCUT2D eigenvalue weighted by atomic mass is 16.5. The van der Waals surface area contributed by atoms with E-state index in [1.807, 2.05) is 49.9 Å². The molecule has 0 saturated carbocycles. The summed E-state index contributed by atoms with van der Waals surface area (Å²) in [4.78, 5) is 29.2. The normalized spacial score (nSPS) is 17.3. The maximum absolute atomic E-state index is 13.0. The van der Waals surface area contributed by atoms with Crippen molar-refractivity contribution < 1.29 is 18.7 Å². The molecule has 1 fully saturated rings. The number of amides is 1. The Morgan fingerprint density at radius 2 is 1.82 bits per heavy atom. The van der Waals surface area contributed by atoms with Gasteiger partial charge < -0.3 is 23.7 Å². The van der Waals surface area contributed by atoms with Crippen LogP contribution in [0.25, 0.3) is 11.0 Å². The minimum absolute atomic E-state index is 0.0603. The Balaban J connectivity index is 1.34. The number of nitrogens with zero attached hydrogens (tertiary/aromatic N) is 2. The fourth-order valence-corrected chi connectivity index (χ4v) is 4.82. The van der Waals surface area contributed by atoms with Crippen molar-refractivity contribution in [3.63, 3.8) is 0 Å². The number of piperazine rings is 1. The summed E-state index contributed by atoms with van der Waals surface area (Å²) in [5, 5.41) is 0.725. The first kappa shape index (κ1) is 22.3. The van der Waals surface area contributed by atoms with E-state index in [0.29, 0.717) is 30.2 Å². The zero-order valence-electron chi connectivity index (χ0n) is 19.9. The molecule has 7 nitrogen and oxygen atoms in total. The number of fused-ring (bicyclic) bond motifs is 3. The van der Waals surface area contributed by atoms with Crippen molar-refractivity contribution in [1.82, 2.24) is 4.90 Å². The van der Waals surface area contributed by atoms with E-state index in [0.717, 1.165) is 42.4 Å². The molecule has 2 aromatic carbocycles. The number of rotatable bonds is 4. The van der Waals surface area contributed by atoms with Crippen LogP contribution in [0.2, 0.25) is 0 Å². The number of anilines is 1. The fraction of sp³-hybridized carbons (Fsp3) is 0.407. The van der Waals surface area contributed by atoms with Gasteiger partial charge in [0.25, 0.3) is 5.91 Å². The molecule has 1 aromatic heterocycles. The van der Waals surface area contributed by atoms with Crippen LogP contribution in [0, 0.1) is 6.92 Å². The number of para-hydroxylation sites is 1. The summed E-state index contributed by atoms with van der Waals surface area (Å²) in [6, 6.07) is 13.5. The molecule has 1 amide bonds. The number of carbonyl (C=O) groups excluding carboxylic acids is 1. The van der Waals surface area contributed by atoms with Crippen molar-refractivity contribution in [2.24, 2.45) is 0 Å². The second kappa shape index (κ2) is 8.70. The first-order valence-corrected chi connectivity index (χ1v) is 11.8. The van der Waals surface area contributed by atoms with Crippen LogP contribution >= 0.6 is 0 Å². The molecule has 1 saturated heterocycles. The highest BCUT2D eigenvalue weighted by molar-refractivity contribution is 5.91. The Morgan fingerprint density at radius 1 is 1.09 bits per heavy atom.